The first kappa shape index (κ1) is 17.1. The van der Waals surface area contributed by atoms with Crippen LogP contribution in [0.2, 0.25) is 0 Å². The van der Waals surface area contributed by atoms with Gasteiger partial charge in [0.1, 0.15) is 5.82 Å². The van der Waals surface area contributed by atoms with Crippen molar-refractivity contribution in [2.45, 2.75) is 31.2 Å². The third-order valence-corrected chi connectivity index (χ3v) is 5.49. The fourth-order valence-corrected chi connectivity index (χ4v) is 4.04. The Kier molecular flexibility index (Phi) is 4.66. The number of rotatable bonds is 4. The van der Waals surface area contributed by atoms with Gasteiger partial charge < -0.3 is 10.2 Å². The number of hydrogen-bond donors (Lipinski definition) is 1. The van der Waals surface area contributed by atoms with E-state index in [9.17, 15) is 4.39 Å². The topological polar surface area (TPSA) is 45.5 Å². The van der Waals surface area contributed by atoms with Crippen molar-refractivity contribution in [3.05, 3.63) is 53.6 Å². The molecule has 0 amide bonds. The molecule has 2 aromatic rings. The molecule has 6 heteroatoms. The van der Waals surface area contributed by atoms with Gasteiger partial charge in [-0.15, -0.1) is 0 Å². The first-order chi connectivity index (χ1) is 12.6. The van der Waals surface area contributed by atoms with Gasteiger partial charge in [-0.1, -0.05) is 18.2 Å². The smallest absolute Gasteiger partial charge is 0.193 e. The Morgan fingerprint density at radius 1 is 1.38 bits per heavy atom. The molecule has 1 aliphatic carbocycles. The number of benzene rings is 1. The molecule has 5 nitrogen and oxygen atoms in total. The van der Waals surface area contributed by atoms with E-state index in [1.807, 2.05) is 37.1 Å². The van der Waals surface area contributed by atoms with Gasteiger partial charge in [0, 0.05) is 45.3 Å². The molecule has 26 heavy (non-hydrogen) atoms. The molecule has 4 rings (SSSR count). The molecular weight excluding hydrogens is 329 g/mol. The SMILES string of the molecule is CN=C(NC1CC1c1ccccc1F)N1CCC(Cc2cnn(C)c2)C1. The molecule has 138 valence electrons. The normalized spacial score (nSPS) is 25.6. The Bertz CT molecular complexity index is 799. The Balaban J connectivity index is 1.32. The van der Waals surface area contributed by atoms with Crippen LogP contribution in [0, 0.1) is 11.7 Å². The van der Waals surface area contributed by atoms with Crippen molar-refractivity contribution in [2.24, 2.45) is 18.0 Å². The van der Waals surface area contributed by atoms with Gasteiger partial charge in [0.05, 0.1) is 6.20 Å². The molecule has 1 aromatic heterocycles. The summed E-state index contributed by atoms with van der Waals surface area (Å²) in [6.45, 7) is 2.02. The first-order valence-electron chi connectivity index (χ1n) is 9.34. The van der Waals surface area contributed by atoms with E-state index < -0.39 is 0 Å². The van der Waals surface area contributed by atoms with Crippen molar-refractivity contribution in [3.63, 3.8) is 0 Å². The number of aromatic nitrogens is 2. The molecule has 1 saturated heterocycles. The van der Waals surface area contributed by atoms with Crippen molar-refractivity contribution in [1.82, 2.24) is 20.0 Å². The molecule has 0 radical (unpaired) electrons. The highest BCUT2D eigenvalue weighted by atomic mass is 19.1. The fraction of sp³-hybridized carbons (Fsp3) is 0.500. The molecule has 1 aliphatic heterocycles. The van der Waals surface area contributed by atoms with Crippen molar-refractivity contribution in [3.8, 4) is 0 Å². The summed E-state index contributed by atoms with van der Waals surface area (Å²) >= 11 is 0. The molecule has 2 fully saturated rings. The minimum atomic E-state index is -0.102. The van der Waals surface area contributed by atoms with Crippen molar-refractivity contribution < 1.29 is 4.39 Å². The zero-order valence-corrected chi connectivity index (χ0v) is 15.4. The Morgan fingerprint density at radius 2 is 2.23 bits per heavy atom. The number of aliphatic imine (C=N–C) groups is 1. The second-order valence-corrected chi connectivity index (χ2v) is 7.49. The highest BCUT2D eigenvalue weighted by Crippen LogP contribution is 2.42. The molecule has 0 spiro atoms. The van der Waals surface area contributed by atoms with Crippen molar-refractivity contribution >= 4 is 5.96 Å². The van der Waals surface area contributed by atoms with Crippen LogP contribution in [0.1, 0.15) is 29.9 Å². The largest absolute Gasteiger partial charge is 0.353 e. The number of halogens is 1. The van der Waals surface area contributed by atoms with E-state index in [4.69, 9.17) is 0 Å². The number of likely N-dealkylation sites (tertiary alicyclic amines) is 1. The molecule has 2 aliphatic rings. The van der Waals surface area contributed by atoms with Crippen LogP contribution in [0.4, 0.5) is 4.39 Å². The van der Waals surface area contributed by atoms with Gasteiger partial charge in [-0.3, -0.25) is 9.67 Å². The maximum Gasteiger partial charge on any atom is 0.193 e. The molecule has 1 N–H and O–H groups in total. The summed E-state index contributed by atoms with van der Waals surface area (Å²) in [6.07, 6.45) is 7.24. The number of guanidine groups is 1. The molecule has 1 saturated carbocycles. The predicted molar refractivity (Wildman–Crippen MR) is 101 cm³/mol. The average molecular weight is 355 g/mol. The quantitative estimate of drug-likeness (QED) is 0.677. The lowest BCUT2D eigenvalue weighted by molar-refractivity contribution is 0.458. The fourth-order valence-electron chi connectivity index (χ4n) is 4.04. The van der Waals surface area contributed by atoms with Gasteiger partial charge in [0.2, 0.25) is 0 Å². The van der Waals surface area contributed by atoms with Crippen LogP contribution in [-0.4, -0.2) is 46.8 Å². The Hall–Kier alpha value is -2.37. The maximum absolute atomic E-state index is 14.0. The Labute approximate surface area is 153 Å². The van der Waals surface area contributed by atoms with E-state index in [-0.39, 0.29) is 17.8 Å². The van der Waals surface area contributed by atoms with Gasteiger partial charge in [0.15, 0.2) is 5.96 Å². The standard InChI is InChI=1S/C20H26FN5/c1-22-20(24-19-10-17(19)16-5-3-4-6-18(16)21)26-8-7-14(13-26)9-15-11-23-25(2)12-15/h3-6,11-12,14,17,19H,7-10,13H2,1-2H3,(H,22,24). The minimum absolute atomic E-state index is 0.102. The zero-order chi connectivity index (χ0) is 18.1. The third kappa shape index (κ3) is 3.59. The molecule has 0 bridgehead atoms. The van der Waals surface area contributed by atoms with Crippen LogP contribution in [0.5, 0.6) is 0 Å². The predicted octanol–water partition coefficient (Wildman–Crippen LogP) is 2.56. The number of nitrogens with zero attached hydrogens (tertiary/aromatic N) is 4. The summed E-state index contributed by atoms with van der Waals surface area (Å²) in [5.41, 5.74) is 2.11. The zero-order valence-electron chi connectivity index (χ0n) is 15.4. The van der Waals surface area contributed by atoms with Gasteiger partial charge in [-0.2, -0.15) is 5.10 Å². The molecule has 2 heterocycles. The number of nitrogens with one attached hydrogen (secondary N) is 1. The summed E-state index contributed by atoms with van der Waals surface area (Å²) in [6, 6.07) is 7.37. The van der Waals surface area contributed by atoms with Crippen LogP contribution in [0.15, 0.2) is 41.7 Å². The highest BCUT2D eigenvalue weighted by Gasteiger charge is 2.41. The van der Waals surface area contributed by atoms with Crippen LogP contribution in [0.3, 0.4) is 0 Å². The van der Waals surface area contributed by atoms with E-state index in [1.54, 1.807) is 12.1 Å². The maximum atomic E-state index is 14.0. The lowest BCUT2D eigenvalue weighted by Gasteiger charge is -2.22. The summed E-state index contributed by atoms with van der Waals surface area (Å²) in [5.74, 6) is 1.72. The van der Waals surface area contributed by atoms with Crippen LogP contribution >= 0.6 is 0 Å². The average Bonchev–Trinajstić information content (AvgIpc) is 3.02. The monoisotopic (exact) mass is 355 g/mol. The van der Waals surface area contributed by atoms with Gasteiger partial charge in [-0.05, 0) is 42.4 Å². The lowest BCUT2D eigenvalue weighted by Crippen LogP contribution is -2.41. The summed E-state index contributed by atoms with van der Waals surface area (Å²) in [7, 11) is 3.79. The Morgan fingerprint density at radius 3 is 2.96 bits per heavy atom. The van der Waals surface area contributed by atoms with Crippen LogP contribution in [0.25, 0.3) is 0 Å². The van der Waals surface area contributed by atoms with E-state index >= 15 is 0 Å². The summed E-state index contributed by atoms with van der Waals surface area (Å²) < 4.78 is 15.8. The number of aryl methyl sites for hydroxylation is 1. The van der Waals surface area contributed by atoms with Crippen molar-refractivity contribution in [1.29, 1.82) is 0 Å². The molecule has 3 atom stereocenters. The first-order valence-corrected chi connectivity index (χ1v) is 9.34. The molecule has 3 unspecified atom stereocenters. The molecule has 1 aromatic carbocycles. The second kappa shape index (κ2) is 7.09. The summed E-state index contributed by atoms with van der Waals surface area (Å²) in [4.78, 5) is 6.80. The van der Waals surface area contributed by atoms with Gasteiger partial charge in [-0.25, -0.2) is 4.39 Å². The van der Waals surface area contributed by atoms with Gasteiger partial charge >= 0.3 is 0 Å². The van der Waals surface area contributed by atoms with Crippen molar-refractivity contribution in [2.75, 3.05) is 20.1 Å². The third-order valence-electron chi connectivity index (χ3n) is 5.49. The minimum Gasteiger partial charge on any atom is -0.353 e. The van der Waals surface area contributed by atoms with E-state index in [0.29, 0.717) is 5.92 Å². The van der Waals surface area contributed by atoms with Gasteiger partial charge in [0.25, 0.3) is 0 Å². The lowest BCUT2D eigenvalue weighted by atomic mass is 10.0. The van der Waals surface area contributed by atoms with E-state index in [2.05, 4.69) is 26.5 Å². The van der Waals surface area contributed by atoms with E-state index in [1.165, 1.54) is 5.56 Å². The van der Waals surface area contributed by atoms with Crippen LogP contribution in [-0.2, 0) is 13.5 Å². The second-order valence-electron chi connectivity index (χ2n) is 7.49. The summed E-state index contributed by atoms with van der Waals surface area (Å²) in [5, 5.41) is 7.80. The van der Waals surface area contributed by atoms with E-state index in [0.717, 1.165) is 43.9 Å². The van der Waals surface area contributed by atoms with Crippen LogP contribution < -0.4 is 5.32 Å². The number of hydrogen-bond acceptors (Lipinski definition) is 2. The molecular formula is C20H26FN5. The highest BCUT2D eigenvalue weighted by molar-refractivity contribution is 5.81.